The zero-order valence-electron chi connectivity index (χ0n) is 6.64. The third-order valence-corrected chi connectivity index (χ3v) is 2.86. The van der Waals surface area contributed by atoms with Crippen LogP contribution in [0, 0.1) is 5.92 Å². The Bertz CT molecular complexity index is 124. The summed E-state index contributed by atoms with van der Waals surface area (Å²) in [5, 5.41) is 3.55. The Morgan fingerprint density at radius 2 is 2.30 bits per heavy atom. The second-order valence-corrected chi connectivity index (χ2v) is 3.66. The molecule has 10 heavy (non-hydrogen) atoms. The van der Waals surface area contributed by atoms with Crippen molar-refractivity contribution in [1.29, 1.82) is 0 Å². The fraction of sp³-hybridized carbons (Fsp3) is 1.00. The third kappa shape index (κ3) is 1.06. The van der Waals surface area contributed by atoms with Gasteiger partial charge in [0.15, 0.2) is 0 Å². The summed E-state index contributed by atoms with van der Waals surface area (Å²) in [4.78, 5) is 2.45. The van der Waals surface area contributed by atoms with Crippen molar-refractivity contribution in [3.8, 4) is 0 Å². The first-order chi connectivity index (χ1) is 4.86. The summed E-state index contributed by atoms with van der Waals surface area (Å²) in [7, 11) is 2.23. The Hall–Kier alpha value is -0.0800. The maximum absolute atomic E-state index is 3.55. The molecule has 0 aliphatic carbocycles. The average molecular weight is 140 g/mol. The molecule has 1 N–H and O–H groups in total. The first-order valence-electron chi connectivity index (χ1n) is 4.28. The monoisotopic (exact) mass is 140 g/mol. The van der Waals surface area contributed by atoms with Crippen LogP contribution >= 0.6 is 0 Å². The van der Waals surface area contributed by atoms with E-state index >= 15 is 0 Å². The molecule has 0 aromatic heterocycles. The van der Waals surface area contributed by atoms with E-state index in [0.29, 0.717) is 0 Å². The van der Waals surface area contributed by atoms with Gasteiger partial charge >= 0.3 is 0 Å². The minimum Gasteiger partial charge on any atom is -0.314 e. The zero-order chi connectivity index (χ0) is 6.97. The summed E-state index contributed by atoms with van der Waals surface area (Å²) >= 11 is 0. The summed E-state index contributed by atoms with van der Waals surface area (Å²) in [6.07, 6.45) is 2.76. The predicted molar refractivity (Wildman–Crippen MR) is 42.0 cm³/mol. The van der Waals surface area contributed by atoms with Gasteiger partial charge in [-0.1, -0.05) is 0 Å². The molecular weight excluding hydrogens is 124 g/mol. The molecule has 2 rings (SSSR count). The lowest BCUT2D eigenvalue weighted by Gasteiger charge is -2.31. The van der Waals surface area contributed by atoms with E-state index in [2.05, 4.69) is 17.3 Å². The van der Waals surface area contributed by atoms with Gasteiger partial charge in [0.2, 0.25) is 0 Å². The zero-order valence-corrected chi connectivity index (χ0v) is 6.64. The number of nitrogens with one attached hydrogen (secondary N) is 1. The Kier molecular flexibility index (Phi) is 1.66. The van der Waals surface area contributed by atoms with Gasteiger partial charge in [-0.15, -0.1) is 0 Å². The second-order valence-electron chi connectivity index (χ2n) is 3.66. The average Bonchev–Trinajstić information content (AvgIpc) is 2.33. The van der Waals surface area contributed by atoms with Gasteiger partial charge in [0.1, 0.15) is 0 Å². The predicted octanol–water partition coefficient (Wildman–Crippen LogP) is 0.300. The summed E-state index contributed by atoms with van der Waals surface area (Å²) in [5.41, 5.74) is 0. The first kappa shape index (κ1) is 6.62. The summed E-state index contributed by atoms with van der Waals surface area (Å²) < 4.78 is 0. The van der Waals surface area contributed by atoms with E-state index in [1.165, 1.54) is 32.5 Å². The van der Waals surface area contributed by atoms with Gasteiger partial charge in [0.25, 0.3) is 0 Å². The number of hydrogen-bond donors (Lipinski definition) is 1. The number of fused-ring (bicyclic) bond motifs is 1. The Labute approximate surface area is 62.6 Å². The Balaban J connectivity index is 1.96. The minimum absolute atomic E-state index is 0.858. The highest BCUT2D eigenvalue weighted by Gasteiger charge is 2.30. The first-order valence-corrected chi connectivity index (χ1v) is 4.28. The molecule has 0 aromatic carbocycles. The van der Waals surface area contributed by atoms with Crippen molar-refractivity contribution in [2.45, 2.75) is 18.9 Å². The van der Waals surface area contributed by atoms with Crippen molar-refractivity contribution >= 4 is 0 Å². The summed E-state index contributed by atoms with van der Waals surface area (Å²) in [6.45, 7) is 3.86. The van der Waals surface area contributed by atoms with Crippen molar-refractivity contribution < 1.29 is 0 Å². The van der Waals surface area contributed by atoms with E-state index in [4.69, 9.17) is 0 Å². The summed E-state index contributed by atoms with van der Waals surface area (Å²) in [6, 6.07) is 0.858. The van der Waals surface area contributed by atoms with Gasteiger partial charge < -0.3 is 10.2 Å². The SMILES string of the molecule is CN1CC[C@@H]2NCC[C@H]2C1. The number of hydrogen-bond acceptors (Lipinski definition) is 2. The van der Waals surface area contributed by atoms with Crippen LogP contribution in [0.15, 0.2) is 0 Å². The van der Waals surface area contributed by atoms with E-state index in [1.807, 2.05) is 0 Å². The highest BCUT2D eigenvalue weighted by atomic mass is 15.1. The normalized spacial score (nSPS) is 41.7. The number of rotatable bonds is 0. The molecule has 0 saturated carbocycles. The lowest BCUT2D eigenvalue weighted by Crippen LogP contribution is -2.42. The van der Waals surface area contributed by atoms with Crippen molar-refractivity contribution in [3.05, 3.63) is 0 Å². The molecule has 0 radical (unpaired) electrons. The van der Waals surface area contributed by atoms with Gasteiger partial charge in [0.05, 0.1) is 0 Å². The standard InChI is InChI=1S/C8H16N2/c1-10-5-3-8-7(6-10)2-4-9-8/h7-9H,2-6H2,1H3/t7-,8-/m0/s1. The molecule has 2 nitrogen and oxygen atoms in total. The molecule has 2 saturated heterocycles. The smallest absolute Gasteiger partial charge is 0.0120 e. The van der Waals surface area contributed by atoms with Crippen LogP contribution in [0.25, 0.3) is 0 Å². The molecule has 2 aliphatic rings. The van der Waals surface area contributed by atoms with E-state index < -0.39 is 0 Å². The van der Waals surface area contributed by atoms with E-state index in [0.717, 1.165) is 12.0 Å². The fourth-order valence-corrected chi connectivity index (χ4v) is 2.23. The largest absolute Gasteiger partial charge is 0.314 e. The maximum atomic E-state index is 3.55. The minimum atomic E-state index is 0.858. The quantitative estimate of drug-likeness (QED) is 0.520. The lowest BCUT2D eigenvalue weighted by molar-refractivity contribution is 0.195. The molecule has 2 heterocycles. The molecule has 0 aromatic rings. The van der Waals surface area contributed by atoms with Crippen molar-refractivity contribution in [2.24, 2.45) is 5.92 Å². The van der Waals surface area contributed by atoms with Gasteiger partial charge in [0, 0.05) is 12.6 Å². The van der Waals surface area contributed by atoms with Crippen LogP contribution in [0.3, 0.4) is 0 Å². The molecule has 2 atom stereocenters. The molecule has 2 fully saturated rings. The number of piperidine rings is 1. The Morgan fingerprint density at radius 1 is 1.40 bits per heavy atom. The van der Waals surface area contributed by atoms with E-state index in [-0.39, 0.29) is 0 Å². The van der Waals surface area contributed by atoms with Gasteiger partial charge in [-0.2, -0.15) is 0 Å². The number of likely N-dealkylation sites (tertiary alicyclic amines) is 1. The molecule has 0 amide bonds. The topological polar surface area (TPSA) is 15.3 Å². The van der Waals surface area contributed by atoms with Crippen LogP contribution < -0.4 is 5.32 Å². The molecule has 2 aliphatic heterocycles. The van der Waals surface area contributed by atoms with Crippen LogP contribution in [0.2, 0.25) is 0 Å². The third-order valence-electron chi connectivity index (χ3n) is 2.86. The number of nitrogens with zero attached hydrogens (tertiary/aromatic N) is 1. The van der Waals surface area contributed by atoms with Crippen molar-refractivity contribution in [3.63, 3.8) is 0 Å². The van der Waals surface area contributed by atoms with Crippen LogP contribution in [0.5, 0.6) is 0 Å². The van der Waals surface area contributed by atoms with E-state index in [1.54, 1.807) is 0 Å². The molecule has 0 spiro atoms. The van der Waals surface area contributed by atoms with Crippen LogP contribution in [-0.4, -0.2) is 37.6 Å². The summed E-state index contributed by atoms with van der Waals surface area (Å²) in [5.74, 6) is 0.957. The molecular formula is C8H16N2. The Morgan fingerprint density at radius 3 is 3.20 bits per heavy atom. The van der Waals surface area contributed by atoms with Gasteiger partial charge in [-0.05, 0) is 38.9 Å². The molecule has 58 valence electrons. The van der Waals surface area contributed by atoms with Crippen LogP contribution in [-0.2, 0) is 0 Å². The molecule has 2 heteroatoms. The second kappa shape index (κ2) is 2.51. The lowest BCUT2D eigenvalue weighted by atomic mass is 9.94. The maximum Gasteiger partial charge on any atom is 0.0120 e. The highest BCUT2D eigenvalue weighted by molar-refractivity contribution is 4.89. The van der Waals surface area contributed by atoms with Crippen LogP contribution in [0.4, 0.5) is 0 Å². The van der Waals surface area contributed by atoms with Gasteiger partial charge in [-0.3, -0.25) is 0 Å². The molecule has 0 bridgehead atoms. The van der Waals surface area contributed by atoms with Crippen molar-refractivity contribution in [2.75, 3.05) is 26.7 Å². The van der Waals surface area contributed by atoms with Crippen molar-refractivity contribution in [1.82, 2.24) is 10.2 Å². The fourth-order valence-electron chi connectivity index (χ4n) is 2.23. The highest BCUT2D eigenvalue weighted by Crippen LogP contribution is 2.23. The molecule has 0 unspecified atom stereocenters. The van der Waals surface area contributed by atoms with Crippen LogP contribution in [0.1, 0.15) is 12.8 Å². The van der Waals surface area contributed by atoms with E-state index in [9.17, 15) is 0 Å². The van der Waals surface area contributed by atoms with Gasteiger partial charge in [-0.25, -0.2) is 0 Å².